The van der Waals surface area contributed by atoms with E-state index in [1.165, 1.54) is 24.6 Å². The Balaban J connectivity index is 1.56. The van der Waals surface area contributed by atoms with Crippen molar-refractivity contribution in [2.24, 2.45) is 16.6 Å². The van der Waals surface area contributed by atoms with Crippen LogP contribution in [-0.2, 0) is 0 Å². The monoisotopic (exact) mass is 406 g/mol. The Morgan fingerprint density at radius 3 is 2.59 bits per heavy atom. The summed E-state index contributed by atoms with van der Waals surface area (Å²) >= 11 is 1.36. The molecule has 0 radical (unpaired) electrons. The summed E-state index contributed by atoms with van der Waals surface area (Å²) in [5.74, 6) is 1.81. The number of fused-ring (bicyclic) bond motifs is 1. The van der Waals surface area contributed by atoms with Crippen LogP contribution in [0.1, 0.15) is 25.7 Å². The van der Waals surface area contributed by atoms with E-state index in [1.807, 2.05) is 48.7 Å². The van der Waals surface area contributed by atoms with Gasteiger partial charge in [0, 0.05) is 23.5 Å². The highest BCUT2D eigenvalue weighted by atomic mass is 32.2. The number of benzene rings is 1. The number of nitrogens with two attached hydrogens (primary N) is 2. The molecule has 7 heteroatoms. The third-order valence-electron chi connectivity index (χ3n) is 5.15. The standard InChI is InChI=1S/C22H23N5OS/c1-28-17-8-6-14(7-9-17)16-12-19-18(25-13-16)10-11-20(26-19)27-22(24)29-21(23)15-4-2-3-5-15/h6-13,15,23H,2-5H2,1H3,(H2,24,26,27)/p+1. The molecule has 3 aromatic rings. The van der Waals surface area contributed by atoms with Crippen LogP contribution in [0.15, 0.2) is 53.7 Å². The van der Waals surface area contributed by atoms with Gasteiger partial charge in [-0.15, -0.1) is 0 Å². The van der Waals surface area contributed by atoms with E-state index in [4.69, 9.17) is 15.9 Å². The number of thioether (sulfide) groups is 1. The third kappa shape index (κ3) is 4.56. The summed E-state index contributed by atoms with van der Waals surface area (Å²) in [4.78, 5) is 13.6. The van der Waals surface area contributed by atoms with Gasteiger partial charge in [-0.05, 0) is 48.7 Å². The number of nitrogens with zero attached hydrogens (tertiary/aromatic N) is 3. The number of methoxy groups -OCH3 is 1. The van der Waals surface area contributed by atoms with Crippen LogP contribution in [0.2, 0.25) is 0 Å². The first-order valence-corrected chi connectivity index (χ1v) is 10.5. The maximum atomic E-state index is 6.21. The highest BCUT2D eigenvalue weighted by Gasteiger charge is 2.25. The van der Waals surface area contributed by atoms with Crippen molar-refractivity contribution in [1.29, 1.82) is 0 Å². The quantitative estimate of drug-likeness (QED) is 0.511. The summed E-state index contributed by atoms with van der Waals surface area (Å²) in [5.41, 5.74) is 9.72. The maximum absolute atomic E-state index is 6.21. The summed E-state index contributed by atoms with van der Waals surface area (Å²) in [5, 5.41) is 7.48. The lowest BCUT2D eigenvalue weighted by Crippen LogP contribution is -2.42. The Labute approximate surface area is 174 Å². The fourth-order valence-electron chi connectivity index (χ4n) is 3.55. The predicted octanol–water partition coefficient (Wildman–Crippen LogP) is 3.33. The smallest absolute Gasteiger partial charge is 0.218 e. The highest BCUT2D eigenvalue weighted by Crippen LogP contribution is 2.29. The molecule has 29 heavy (non-hydrogen) atoms. The number of ether oxygens (including phenoxy) is 1. The minimum atomic E-state index is 0.417. The Bertz CT molecular complexity index is 1060. The lowest BCUT2D eigenvalue weighted by Gasteiger charge is -2.06. The molecule has 4 N–H and O–H groups in total. The zero-order valence-corrected chi connectivity index (χ0v) is 17.2. The van der Waals surface area contributed by atoms with Crippen molar-refractivity contribution in [2.75, 3.05) is 7.11 Å². The number of aromatic nitrogens is 2. The molecule has 0 aliphatic heterocycles. The Morgan fingerprint density at radius 2 is 1.86 bits per heavy atom. The molecule has 0 saturated heterocycles. The minimum Gasteiger partial charge on any atom is -0.497 e. The number of hydrogen-bond acceptors (Lipinski definition) is 5. The average molecular weight is 407 g/mol. The fraction of sp³-hybridized carbons (Fsp3) is 0.273. The Kier molecular flexibility index (Phi) is 5.76. The van der Waals surface area contributed by atoms with Crippen molar-refractivity contribution in [3.63, 3.8) is 0 Å². The third-order valence-corrected chi connectivity index (χ3v) is 6.02. The molecule has 1 aromatic carbocycles. The molecule has 6 nitrogen and oxygen atoms in total. The molecule has 1 saturated carbocycles. The summed E-state index contributed by atoms with van der Waals surface area (Å²) in [7, 11) is 1.65. The fourth-order valence-corrected chi connectivity index (χ4v) is 4.33. The molecule has 1 fully saturated rings. The van der Waals surface area contributed by atoms with Gasteiger partial charge in [0.2, 0.25) is 5.04 Å². The van der Waals surface area contributed by atoms with Crippen LogP contribution in [-0.4, -0.2) is 27.3 Å². The average Bonchev–Trinajstić information content (AvgIpc) is 3.28. The van der Waals surface area contributed by atoms with Gasteiger partial charge >= 0.3 is 0 Å². The number of aliphatic imine (C=N–C) groups is 1. The van der Waals surface area contributed by atoms with E-state index in [9.17, 15) is 0 Å². The molecule has 148 valence electrons. The molecule has 1 aliphatic rings. The van der Waals surface area contributed by atoms with Crippen LogP contribution in [0.3, 0.4) is 0 Å². The SMILES string of the molecule is COc1ccc(-c2cnc3ccc(N=C(N)SC(=[NH2+])C4CCCC4)nc3c2)cc1. The second-order valence-electron chi connectivity index (χ2n) is 7.10. The molecule has 1 aliphatic carbocycles. The minimum absolute atomic E-state index is 0.417. The zero-order valence-electron chi connectivity index (χ0n) is 16.3. The van der Waals surface area contributed by atoms with E-state index in [-0.39, 0.29) is 0 Å². The molecule has 2 aromatic heterocycles. The lowest BCUT2D eigenvalue weighted by molar-refractivity contribution is -0.114. The molecular formula is C22H24N5OS+. The van der Waals surface area contributed by atoms with Gasteiger partial charge in [0.1, 0.15) is 5.75 Å². The number of rotatable bonds is 4. The normalized spacial score (nSPS) is 15.0. The van der Waals surface area contributed by atoms with Crippen LogP contribution in [0, 0.1) is 5.92 Å². The van der Waals surface area contributed by atoms with Crippen LogP contribution >= 0.6 is 11.8 Å². The number of amidine groups is 1. The number of hydrogen-bond donors (Lipinski definition) is 2. The molecule has 0 bridgehead atoms. The topological polar surface area (TPSA) is 99.0 Å². The van der Waals surface area contributed by atoms with Crippen molar-refractivity contribution in [1.82, 2.24) is 9.97 Å². The molecule has 0 amide bonds. The first-order chi connectivity index (χ1) is 14.1. The van der Waals surface area contributed by atoms with E-state index >= 15 is 0 Å². The first kappa shape index (κ1) is 19.4. The van der Waals surface area contributed by atoms with Gasteiger partial charge in [-0.25, -0.2) is 9.98 Å². The van der Waals surface area contributed by atoms with E-state index in [0.717, 1.165) is 45.8 Å². The van der Waals surface area contributed by atoms with Crippen molar-refractivity contribution < 1.29 is 10.1 Å². The molecule has 0 unspecified atom stereocenters. The van der Waals surface area contributed by atoms with Crippen LogP contribution in [0.5, 0.6) is 5.75 Å². The van der Waals surface area contributed by atoms with Crippen molar-refractivity contribution in [2.45, 2.75) is 25.7 Å². The van der Waals surface area contributed by atoms with Gasteiger partial charge in [-0.2, -0.15) is 0 Å². The van der Waals surface area contributed by atoms with E-state index in [2.05, 4.69) is 15.0 Å². The predicted molar refractivity (Wildman–Crippen MR) is 119 cm³/mol. The molecule has 0 atom stereocenters. The van der Waals surface area contributed by atoms with Crippen LogP contribution in [0.25, 0.3) is 22.2 Å². The van der Waals surface area contributed by atoms with E-state index in [0.29, 0.717) is 16.9 Å². The summed E-state index contributed by atoms with van der Waals surface area (Å²) in [6.07, 6.45) is 6.59. The van der Waals surface area contributed by atoms with Crippen LogP contribution in [0.4, 0.5) is 5.82 Å². The van der Waals surface area contributed by atoms with Gasteiger partial charge in [0.25, 0.3) is 0 Å². The molecule has 4 rings (SSSR count). The van der Waals surface area contributed by atoms with Crippen LogP contribution < -0.4 is 15.9 Å². The summed E-state index contributed by atoms with van der Waals surface area (Å²) < 4.78 is 5.22. The van der Waals surface area contributed by atoms with E-state index < -0.39 is 0 Å². The first-order valence-electron chi connectivity index (χ1n) is 9.68. The van der Waals surface area contributed by atoms with Gasteiger partial charge in [-0.1, -0.05) is 25.0 Å². The lowest BCUT2D eigenvalue weighted by atomic mass is 10.1. The molecular weight excluding hydrogens is 382 g/mol. The van der Waals surface area contributed by atoms with Crippen molar-refractivity contribution >= 4 is 38.8 Å². The van der Waals surface area contributed by atoms with Gasteiger partial charge in [0.15, 0.2) is 11.0 Å². The molecule has 0 spiro atoms. The largest absolute Gasteiger partial charge is 0.497 e. The van der Waals surface area contributed by atoms with E-state index in [1.54, 1.807) is 7.11 Å². The maximum Gasteiger partial charge on any atom is 0.218 e. The highest BCUT2D eigenvalue weighted by molar-refractivity contribution is 8.26. The zero-order chi connectivity index (χ0) is 20.2. The summed E-state index contributed by atoms with van der Waals surface area (Å²) in [6, 6.07) is 13.6. The number of pyridine rings is 2. The Hall–Kier alpha value is -2.93. The van der Waals surface area contributed by atoms with Crippen molar-refractivity contribution in [3.05, 3.63) is 48.7 Å². The van der Waals surface area contributed by atoms with Crippen molar-refractivity contribution in [3.8, 4) is 16.9 Å². The molecule has 2 heterocycles. The second-order valence-corrected chi connectivity index (χ2v) is 8.19. The Morgan fingerprint density at radius 1 is 1.10 bits per heavy atom. The van der Waals surface area contributed by atoms with Gasteiger partial charge in [-0.3, -0.25) is 10.4 Å². The van der Waals surface area contributed by atoms with Gasteiger partial charge in [0.05, 0.1) is 24.1 Å². The summed E-state index contributed by atoms with van der Waals surface area (Å²) in [6.45, 7) is 0. The second kappa shape index (κ2) is 8.61. The van der Waals surface area contributed by atoms with Gasteiger partial charge < -0.3 is 10.5 Å².